The Kier molecular flexibility index (Phi) is 2.26. The van der Waals surface area contributed by atoms with E-state index in [1.807, 2.05) is 0 Å². The summed E-state index contributed by atoms with van der Waals surface area (Å²) in [6.07, 6.45) is 3.77. The maximum Gasteiger partial charge on any atom is 0.0239 e. The highest BCUT2D eigenvalue weighted by atomic mass is 15.3. The van der Waals surface area contributed by atoms with Gasteiger partial charge in [0.05, 0.1) is 0 Å². The van der Waals surface area contributed by atoms with E-state index in [-0.39, 0.29) is 0 Å². The maximum absolute atomic E-state index is 5.98. The molecule has 0 aromatic heterocycles. The molecule has 3 fully saturated rings. The van der Waals surface area contributed by atoms with E-state index >= 15 is 0 Å². The Hall–Kier alpha value is -0.860. The largest absolute Gasteiger partial charge is 0.328 e. The third-order valence-corrected chi connectivity index (χ3v) is 3.84. The predicted octanol–water partition coefficient (Wildman–Crippen LogP) is 1.75. The van der Waals surface area contributed by atoms with Crippen molar-refractivity contribution in [1.82, 2.24) is 4.90 Å². The van der Waals surface area contributed by atoms with Crippen LogP contribution in [0.25, 0.3) is 0 Å². The molecule has 0 amide bonds. The molecule has 2 unspecified atom stereocenters. The number of benzene rings is 1. The molecule has 2 aliphatic heterocycles. The lowest BCUT2D eigenvalue weighted by Crippen LogP contribution is -2.62. The first-order valence-corrected chi connectivity index (χ1v) is 5.88. The highest BCUT2D eigenvalue weighted by Gasteiger charge is 2.43. The summed E-state index contributed by atoms with van der Waals surface area (Å²) in [4.78, 5) is 2.62. The summed E-state index contributed by atoms with van der Waals surface area (Å²) in [7, 11) is 0. The molecule has 1 aromatic carbocycles. The number of piperidine rings is 1. The van der Waals surface area contributed by atoms with Crippen LogP contribution in [0, 0.1) is 0 Å². The quantitative estimate of drug-likeness (QED) is 0.791. The lowest BCUT2D eigenvalue weighted by atomic mass is 9.77. The van der Waals surface area contributed by atoms with Crippen molar-refractivity contribution in [2.75, 3.05) is 0 Å². The highest BCUT2D eigenvalue weighted by Crippen LogP contribution is 2.38. The fourth-order valence-corrected chi connectivity index (χ4v) is 3.06. The van der Waals surface area contributed by atoms with Gasteiger partial charge in [-0.05, 0) is 24.8 Å². The summed E-state index contributed by atoms with van der Waals surface area (Å²) in [5.74, 6) is 0. The number of nitrogens with zero attached hydrogens (tertiary/aromatic N) is 1. The first kappa shape index (κ1) is 9.37. The molecule has 2 nitrogen and oxygen atoms in total. The van der Waals surface area contributed by atoms with Gasteiger partial charge in [0.25, 0.3) is 0 Å². The van der Waals surface area contributed by atoms with Gasteiger partial charge in [0.2, 0.25) is 0 Å². The number of rotatable bonds is 2. The van der Waals surface area contributed by atoms with Gasteiger partial charge < -0.3 is 5.73 Å². The van der Waals surface area contributed by atoms with Crippen LogP contribution < -0.4 is 5.73 Å². The van der Waals surface area contributed by atoms with Gasteiger partial charge in [0.1, 0.15) is 0 Å². The minimum atomic E-state index is 0.459. The molecule has 2 heterocycles. The van der Waals surface area contributed by atoms with Crippen LogP contribution in [0.15, 0.2) is 30.3 Å². The lowest BCUT2D eigenvalue weighted by molar-refractivity contribution is -0.0420. The van der Waals surface area contributed by atoms with Gasteiger partial charge in [-0.3, -0.25) is 4.90 Å². The van der Waals surface area contributed by atoms with Crippen molar-refractivity contribution in [1.29, 1.82) is 0 Å². The topological polar surface area (TPSA) is 29.3 Å². The summed E-state index contributed by atoms with van der Waals surface area (Å²) >= 11 is 0. The molecule has 3 aliphatic rings. The monoisotopic (exact) mass is 202 g/mol. The Bertz CT molecular complexity index is 324. The van der Waals surface area contributed by atoms with E-state index in [1.165, 1.54) is 24.8 Å². The van der Waals surface area contributed by atoms with Crippen LogP contribution in [-0.4, -0.2) is 23.0 Å². The summed E-state index contributed by atoms with van der Waals surface area (Å²) in [6, 6.07) is 12.7. The molecule has 2 N–H and O–H groups in total. The summed E-state index contributed by atoms with van der Waals surface area (Å²) in [5.41, 5.74) is 7.42. The van der Waals surface area contributed by atoms with Gasteiger partial charge in [-0.1, -0.05) is 30.3 Å². The molecule has 80 valence electrons. The molecular weight excluding hydrogens is 184 g/mol. The smallest absolute Gasteiger partial charge is 0.0239 e. The second kappa shape index (κ2) is 3.62. The first-order valence-electron chi connectivity index (χ1n) is 5.88. The van der Waals surface area contributed by atoms with Gasteiger partial charge in [0.15, 0.2) is 0 Å². The third kappa shape index (κ3) is 1.68. The molecular formula is C13H18N2. The van der Waals surface area contributed by atoms with Crippen LogP contribution in [0.5, 0.6) is 0 Å². The van der Waals surface area contributed by atoms with Crippen molar-refractivity contribution in [2.45, 2.75) is 43.9 Å². The van der Waals surface area contributed by atoms with E-state index < -0.39 is 0 Å². The highest BCUT2D eigenvalue weighted by molar-refractivity contribution is 5.16. The molecule has 15 heavy (non-hydrogen) atoms. The standard InChI is InChI=1S/C13H18N2/c14-11-6-12-8-13(7-11)15(12)9-10-4-2-1-3-5-10/h1-5,11-13H,6-9,14H2. The van der Waals surface area contributed by atoms with E-state index in [2.05, 4.69) is 35.2 Å². The Morgan fingerprint density at radius 1 is 1.07 bits per heavy atom. The van der Waals surface area contributed by atoms with Crippen LogP contribution in [0.4, 0.5) is 0 Å². The summed E-state index contributed by atoms with van der Waals surface area (Å²) in [6.45, 7) is 1.11. The molecule has 0 spiro atoms. The second-order valence-corrected chi connectivity index (χ2v) is 4.93. The number of nitrogens with two attached hydrogens (primary N) is 1. The summed E-state index contributed by atoms with van der Waals surface area (Å²) < 4.78 is 0. The van der Waals surface area contributed by atoms with Crippen LogP contribution in [0.3, 0.4) is 0 Å². The number of hydrogen-bond donors (Lipinski definition) is 1. The van der Waals surface area contributed by atoms with E-state index in [9.17, 15) is 0 Å². The van der Waals surface area contributed by atoms with Gasteiger partial charge in [0, 0.05) is 24.7 Å². The lowest BCUT2D eigenvalue weighted by Gasteiger charge is -2.55. The normalized spacial score (nSPS) is 34.9. The van der Waals surface area contributed by atoms with Crippen molar-refractivity contribution >= 4 is 0 Å². The zero-order valence-corrected chi connectivity index (χ0v) is 8.97. The fraction of sp³-hybridized carbons (Fsp3) is 0.538. The molecule has 4 rings (SSSR count). The van der Waals surface area contributed by atoms with Gasteiger partial charge >= 0.3 is 0 Å². The molecule has 2 saturated heterocycles. The zero-order chi connectivity index (χ0) is 10.3. The van der Waals surface area contributed by atoms with Crippen molar-refractivity contribution in [3.05, 3.63) is 35.9 Å². The Morgan fingerprint density at radius 3 is 2.40 bits per heavy atom. The van der Waals surface area contributed by atoms with Crippen molar-refractivity contribution < 1.29 is 0 Å². The third-order valence-electron chi connectivity index (χ3n) is 3.84. The van der Waals surface area contributed by atoms with Crippen LogP contribution >= 0.6 is 0 Å². The molecule has 1 aliphatic carbocycles. The molecule has 2 atom stereocenters. The molecule has 0 radical (unpaired) electrons. The first-order chi connectivity index (χ1) is 7.33. The van der Waals surface area contributed by atoms with Crippen molar-refractivity contribution in [3.63, 3.8) is 0 Å². The van der Waals surface area contributed by atoms with Gasteiger partial charge in [-0.2, -0.15) is 0 Å². The number of hydrogen-bond acceptors (Lipinski definition) is 2. The summed E-state index contributed by atoms with van der Waals surface area (Å²) in [5, 5.41) is 0. The molecule has 2 bridgehead atoms. The molecule has 2 heteroatoms. The van der Waals surface area contributed by atoms with E-state index in [0.29, 0.717) is 6.04 Å². The Labute approximate surface area is 91.1 Å². The van der Waals surface area contributed by atoms with Gasteiger partial charge in [-0.15, -0.1) is 0 Å². The Balaban J connectivity index is 1.66. The fourth-order valence-electron chi connectivity index (χ4n) is 3.06. The average Bonchev–Trinajstić information content (AvgIpc) is 2.27. The minimum Gasteiger partial charge on any atom is -0.328 e. The molecule has 1 saturated carbocycles. The number of fused-ring (bicyclic) bond motifs is 2. The van der Waals surface area contributed by atoms with E-state index in [0.717, 1.165) is 18.6 Å². The van der Waals surface area contributed by atoms with E-state index in [1.54, 1.807) is 0 Å². The van der Waals surface area contributed by atoms with Crippen LogP contribution in [-0.2, 0) is 6.54 Å². The predicted molar refractivity (Wildman–Crippen MR) is 61.4 cm³/mol. The van der Waals surface area contributed by atoms with Crippen molar-refractivity contribution in [3.8, 4) is 0 Å². The zero-order valence-electron chi connectivity index (χ0n) is 8.97. The average molecular weight is 202 g/mol. The molecule has 1 aromatic rings. The second-order valence-electron chi connectivity index (χ2n) is 4.93. The maximum atomic E-state index is 5.98. The SMILES string of the molecule is NC1CC2CC(C1)N2Cc1ccccc1. The Morgan fingerprint density at radius 2 is 1.73 bits per heavy atom. The van der Waals surface area contributed by atoms with E-state index in [4.69, 9.17) is 5.73 Å². The van der Waals surface area contributed by atoms with Crippen molar-refractivity contribution in [2.24, 2.45) is 5.73 Å². The van der Waals surface area contributed by atoms with Crippen LogP contribution in [0.1, 0.15) is 24.8 Å². The van der Waals surface area contributed by atoms with Crippen LogP contribution in [0.2, 0.25) is 0 Å². The van der Waals surface area contributed by atoms with Gasteiger partial charge in [-0.25, -0.2) is 0 Å². The minimum absolute atomic E-state index is 0.459.